The number of amides is 1. The first-order valence-electron chi connectivity index (χ1n) is 12.3. The molecule has 0 unspecified atom stereocenters. The number of carbonyl (C=O) groups excluding carboxylic acids is 2. The van der Waals surface area contributed by atoms with Crippen LogP contribution in [0.1, 0.15) is 65.4 Å². The highest BCUT2D eigenvalue weighted by Gasteiger charge is 2.33. The van der Waals surface area contributed by atoms with Gasteiger partial charge in [-0.2, -0.15) is 5.26 Å². The molecule has 0 saturated carbocycles. The van der Waals surface area contributed by atoms with Gasteiger partial charge in [0.1, 0.15) is 30.4 Å². The van der Waals surface area contributed by atoms with Gasteiger partial charge in [-0.1, -0.05) is 20.8 Å². The molecule has 2 aliphatic rings. The smallest absolute Gasteiger partial charge is 0.273 e. The van der Waals surface area contributed by atoms with Crippen LogP contribution < -0.4 is 19.7 Å². The van der Waals surface area contributed by atoms with Gasteiger partial charge < -0.3 is 24.6 Å². The molecule has 0 aliphatic carbocycles. The molecular weight excluding hydrogens is 552 g/mol. The lowest BCUT2D eigenvalue weighted by molar-refractivity contribution is 0.0949. The van der Waals surface area contributed by atoms with Gasteiger partial charge >= 0.3 is 0 Å². The topological polar surface area (TPSA) is 132 Å². The quantitative estimate of drug-likeness (QED) is 0.373. The Balaban J connectivity index is 0.00000400. The van der Waals surface area contributed by atoms with Gasteiger partial charge in [-0.3, -0.25) is 15.0 Å². The van der Waals surface area contributed by atoms with Crippen LogP contribution in [0.2, 0.25) is 0 Å². The average Bonchev–Trinajstić information content (AvgIpc) is 3.16. The van der Waals surface area contributed by atoms with Crippen molar-refractivity contribution < 1.29 is 19.1 Å². The van der Waals surface area contributed by atoms with Crippen molar-refractivity contribution in [1.29, 1.82) is 10.7 Å². The van der Waals surface area contributed by atoms with Gasteiger partial charge in [-0.25, -0.2) is 4.98 Å². The number of hydrogen-bond donors (Lipinski definition) is 2. The second-order valence-corrected chi connectivity index (χ2v) is 10.0. The van der Waals surface area contributed by atoms with Crippen LogP contribution in [0.3, 0.4) is 0 Å². The van der Waals surface area contributed by atoms with E-state index in [1.165, 1.54) is 7.05 Å². The molecule has 1 aromatic carbocycles. The third-order valence-electron chi connectivity index (χ3n) is 6.45. The summed E-state index contributed by atoms with van der Waals surface area (Å²) >= 11 is 0. The number of aromatic nitrogens is 1. The van der Waals surface area contributed by atoms with Crippen LogP contribution in [0.4, 0.5) is 5.69 Å². The van der Waals surface area contributed by atoms with Crippen LogP contribution in [-0.4, -0.2) is 67.3 Å². The average molecular weight is 586 g/mol. The molecule has 2 aliphatic heterocycles. The zero-order valence-electron chi connectivity index (χ0n) is 22.3. The second kappa shape index (κ2) is 11.4. The lowest BCUT2D eigenvalue weighted by Crippen LogP contribution is -2.35. The summed E-state index contributed by atoms with van der Waals surface area (Å²) in [6.07, 6.45) is 0. The summed E-state index contributed by atoms with van der Waals surface area (Å²) < 4.78 is 11.6. The summed E-state index contributed by atoms with van der Waals surface area (Å²) in [6.45, 7) is 9.87. The predicted molar refractivity (Wildman–Crippen MR) is 149 cm³/mol. The molecule has 4 rings (SSSR count). The number of ether oxygens (including phenoxy) is 2. The number of nitrogens with zero attached hydrogens (tertiary/aromatic N) is 4. The molecule has 0 radical (unpaired) electrons. The molecule has 0 atom stereocenters. The number of pyridine rings is 1. The number of hydrogen-bond acceptors (Lipinski definition) is 8. The van der Waals surface area contributed by atoms with E-state index in [1.54, 1.807) is 17.0 Å². The van der Waals surface area contributed by atoms with Crippen molar-refractivity contribution in [2.24, 2.45) is 0 Å². The van der Waals surface area contributed by atoms with Gasteiger partial charge in [0.15, 0.2) is 17.2 Å². The standard InChI is InChI=1S/C27H32N6O4.BrH/c1-6-36-21-13-17-14-33(25(29)22(17)31-23(21)26(35)30-5)15-20(34)16-11-18(27(2,3)4)24-19(12-16)32(8-7-28)9-10-37-24;/h11-13,29H,6,8-10,14-15H2,1-5H3,(H,30,35);1H. The number of ketones is 1. The van der Waals surface area contributed by atoms with Crippen molar-refractivity contribution in [2.45, 2.75) is 39.7 Å². The second-order valence-electron chi connectivity index (χ2n) is 10.0. The van der Waals surface area contributed by atoms with Gasteiger partial charge in [0, 0.05) is 30.3 Å². The predicted octanol–water partition coefficient (Wildman–Crippen LogP) is 3.46. The van der Waals surface area contributed by atoms with E-state index in [4.69, 9.17) is 14.9 Å². The molecule has 2 aromatic rings. The van der Waals surface area contributed by atoms with Crippen LogP contribution in [0.25, 0.3) is 0 Å². The summed E-state index contributed by atoms with van der Waals surface area (Å²) in [5.41, 5.74) is 3.05. The molecular formula is C27H33BrN6O4. The molecule has 1 aromatic heterocycles. The number of nitrogens with one attached hydrogen (secondary N) is 2. The molecule has 1 amide bonds. The van der Waals surface area contributed by atoms with E-state index in [0.29, 0.717) is 49.1 Å². The summed E-state index contributed by atoms with van der Waals surface area (Å²) in [5, 5.41) is 20.5. The fourth-order valence-corrected chi connectivity index (χ4v) is 4.59. The van der Waals surface area contributed by atoms with Crippen LogP contribution in [-0.2, 0) is 12.0 Å². The third kappa shape index (κ3) is 5.45. The fourth-order valence-electron chi connectivity index (χ4n) is 4.59. The summed E-state index contributed by atoms with van der Waals surface area (Å²) in [7, 11) is 1.51. The largest absolute Gasteiger partial charge is 0.491 e. The van der Waals surface area contributed by atoms with Gasteiger partial charge in [-0.15, -0.1) is 17.0 Å². The fraction of sp³-hybridized carbons (Fsp3) is 0.444. The molecule has 0 spiro atoms. The highest BCUT2D eigenvalue weighted by Crippen LogP contribution is 2.42. The number of anilines is 1. The van der Waals surface area contributed by atoms with Gasteiger partial charge in [0.2, 0.25) is 0 Å². The summed E-state index contributed by atoms with van der Waals surface area (Å²) in [4.78, 5) is 33.9. The first-order valence-corrected chi connectivity index (χ1v) is 12.3. The Morgan fingerprint density at radius 1 is 1.26 bits per heavy atom. The Bertz CT molecular complexity index is 1310. The molecule has 202 valence electrons. The minimum atomic E-state index is -0.401. The van der Waals surface area contributed by atoms with E-state index >= 15 is 0 Å². The zero-order chi connectivity index (χ0) is 26.9. The minimum Gasteiger partial charge on any atom is -0.491 e. The molecule has 2 N–H and O–H groups in total. The maximum Gasteiger partial charge on any atom is 0.273 e. The third-order valence-corrected chi connectivity index (χ3v) is 6.45. The highest BCUT2D eigenvalue weighted by atomic mass is 79.9. The first-order chi connectivity index (χ1) is 17.6. The van der Waals surface area contributed by atoms with Crippen LogP contribution in [0, 0.1) is 16.7 Å². The number of amidine groups is 1. The van der Waals surface area contributed by atoms with Gasteiger partial charge in [0.25, 0.3) is 5.91 Å². The molecule has 0 saturated heterocycles. The number of halogens is 1. The Labute approximate surface area is 233 Å². The number of rotatable bonds is 7. The molecule has 11 heteroatoms. The zero-order valence-corrected chi connectivity index (χ0v) is 24.0. The van der Waals surface area contributed by atoms with E-state index in [2.05, 4.69) is 37.1 Å². The molecule has 10 nitrogen and oxygen atoms in total. The number of carbonyl (C=O) groups is 2. The van der Waals surface area contributed by atoms with Gasteiger partial charge in [0.05, 0.1) is 31.5 Å². The van der Waals surface area contributed by atoms with E-state index in [-0.39, 0.29) is 52.8 Å². The molecule has 38 heavy (non-hydrogen) atoms. The Morgan fingerprint density at radius 3 is 2.63 bits per heavy atom. The monoisotopic (exact) mass is 584 g/mol. The van der Waals surface area contributed by atoms with Crippen molar-refractivity contribution >= 4 is 40.2 Å². The highest BCUT2D eigenvalue weighted by molar-refractivity contribution is 8.93. The molecule has 0 bridgehead atoms. The van der Waals surface area contributed by atoms with Crippen molar-refractivity contribution in [3.8, 4) is 17.6 Å². The lowest BCUT2D eigenvalue weighted by Gasteiger charge is -2.34. The van der Waals surface area contributed by atoms with E-state index in [0.717, 1.165) is 16.8 Å². The van der Waals surface area contributed by atoms with E-state index < -0.39 is 5.91 Å². The summed E-state index contributed by atoms with van der Waals surface area (Å²) in [6, 6.07) is 7.56. The van der Waals surface area contributed by atoms with E-state index in [1.807, 2.05) is 17.9 Å². The normalized spacial score (nSPS) is 14.1. The SMILES string of the molecule is Br.CCOc1cc2c(nc1C(=O)NC)C(=N)N(CC(=O)c1cc3c(c(C(C)(C)C)c1)OCCN3CC#N)C2. The number of fused-ring (bicyclic) bond motifs is 2. The van der Waals surface area contributed by atoms with Crippen molar-refractivity contribution in [3.63, 3.8) is 0 Å². The number of benzene rings is 1. The minimum absolute atomic E-state index is 0. The van der Waals surface area contributed by atoms with Gasteiger partial charge in [-0.05, 0) is 30.5 Å². The molecule has 3 heterocycles. The number of Topliss-reactive ketones (excluding diaryl/α,β-unsaturated/α-hetero) is 1. The summed E-state index contributed by atoms with van der Waals surface area (Å²) in [5.74, 6) is 0.580. The number of nitriles is 1. The van der Waals surface area contributed by atoms with Crippen molar-refractivity contribution in [3.05, 3.63) is 46.3 Å². The maximum absolute atomic E-state index is 13.5. The Hall–Kier alpha value is -3.65. The Morgan fingerprint density at radius 2 is 2.00 bits per heavy atom. The van der Waals surface area contributed by atoms with Crippen LogP contribution in [0.5, 0.6) is 11.5 Å². The Kier molecular flexibility index (Phi) is 8.67. The van der Waals surface area contributed by atoms with Crippen molar-refractivity contribution in [2.75, 3.05) is 44.8 Å². The maximum atomic E-state index is 13.5. The van der Waals surface area contributed by atoms with Crippen molar-refractivity contribution in [1.82, 2.24) is 15.2 Å². The van der Waals surface area contributed by atoms with Crippen LogP contribution in [0.15, 0.2) is 18.2 Å². The first kappa shape index (κ1) is 28.9. The van der Waals surface area contributed by atoms with Crippen LogP contribution >= 0.6 is 17.0 Å². The van der Waals surface area contributed by atoms with E-state index in [9.17, 15) is 14.9 Å². The lowest BCUT2D eigenvalue weighted by atomic mass is 9.84. The molecule has 0 fully saturated rings.